The van der Waals surface area contributed by atoms with Crippen LogP contribution in [-0.2, 0) is 21.5 Å². The Balaban J connectivity index is 0.000000775. The van der Waals surface area contributed by atoms with E-state index in [1.54, 1.807) is 25.6 Å². The lowest BCUT2D eigenvalue weighted by atomic mass is 9.88. The molecule has 1 amide bonds. The number of carboxylic acid groups (broad SMARTS) is 1. The molecule has 1 aliphatic heterocycles. The summed E-state index contributed by atoms with van der Waals surface area (Å²) in [5.41, 5.74) is 3.49. The molecule has 0 radical (unpaired) electrons. The highest BCUT2D eigenvalue weighted by Crippen LogP contribution is 2.51. The van der Waals surface area contributed by atoms with Crippen LogP contribution in [0.15, 0.2) is 54.9 Å². The number of phenols is 1. The highest BCUT2D eigenvalue weighted by atomic mass is 16.5. The van der Waals surface area contributed by atoms with Crippen LogP contribution in [0.2, 0.25) is 0 Å². The van der Waals surface area contributed by atoms with Crippen molar-refractivity contribution < 1.29 is 24.5 Å². The quantitative estimate of drug-likeness (QED) is 0.543. The van der Waals surface area contributed by atoms with Crippen LogP contribution in [0.5, 0.6) is 11.5 Å². The molecule has 8 heteroatoms. The first-order valence-electron chi connectivity index (χ1n) is 10.3. The van der Waals surface area contributed by atoms with Gasteiger partial charge in [-0.3, -0.25) is 9.59 Å². The number of hydrogen-bond acceptors (Lipinski definition) is 5. The zero-order valence-corrected chi connectivity index (χ0v) is 17.7. The van der Waals surface area contributed by atoms with Gasteiger partial charge in [0.15, 0.2) is 0 Å². The van der Waals surface area contributed by atoms with Gasteiger partial charge in [-0.25, -0.2) is 4.98 Å². The van der Waals surface area contributed by atoms with Crippen molar-refractivity contribution in [3.05, 3.63) is 77.4 Å². The summed E-state index contributed by atoms with van der Waals surface area (Å²) >= 11 is 0. The van der Waals surface area contributed by atoms with Crippen molar-refractivity contribution >= 4 is 12.4 Å². The van der Waals surface area contributed by atoms with Crippen molar-refractivity contribution in [3.63, 3.8) is 0 Å². The van der Waals surface area contributed by atoms with Gasteiger partial charge >= 0.3 is 0 Å². The van der Waals surface area contributed by atoms with Crippen molar-refractivity contribution in [3.8, 4) is 11.5 Å². The number of amides is 1. The smallest absolute Gasteiger partial charge is 0.290 e. The molecule has 166 valence electrons. The van der Waals surface area contributed by atoms with Crippen molar-refractivity contribution in [2.45, 2.75) is 30.7 Å². The summed E-state index contributed by atoms with van der Waals surface area (Å²) < 4.78 is 5.26. The van der Waals surface area contributed by atoms with E-state index in [0.717, 1.165) is 41.1 Å². The molecule has 2 aliphatic rings. The summed E-state index contributed by atoms with van der Waals surface area (Å²) in [6.07, 6.45) is 3.41. The lowest BCUT2D eigenvalue weighted by Crippen LogP contribution is -2.44. The van der Waals surface area contributed by atoms with Crippen LogP contribution in [0.25, 0.3) is 0 Å². The van der Waals surface area contributed by atoms with Crippen molar-refractivity contribution in [2.75, 3.05) is 13.7 Å². The second-order valence-corrected chi connectivity index (χ2v) is 8.02. The zero-order chi connectivity index (χ0) is 22.7. The van der Waals surface area contributed by atoms with Crippen LogP contribution in [-0.4, -0.2) is 51.1 Å². The first-order valence-corrected chi connectivity index (χ1v) is 10.3. The number of rotatable bonds is 4. The number of phenolic OH excluding ortho intramolecular Hbond substituents is 1. The largest absolute Gasteiger partial charge is 0.508 e. The first-order chi connectivity index (χ1) is 15.5. The second-order valence-electron chi connectivity index (χ2n) is 8.02. The minimum atomic E-state index is -0.437. The summed E-state index contributed by atoms with van der Waals surface area (Å²) in [7, 11) is 1.64. The van der Waals surface area contributed by atoms with Crippen LogP contribution in [0, 0.1) is 0 Å². The van der Waals surface area contributed by atoms with Crippen molar-refractivity contribution in [2.24, 2.45) is 0 Å². The Labute approximate surface area is 185 Å². The van der Waals surface area contributed by atoms with Crippen LogP contribution >= 0.6 is 0 Å². The lowest BCUT2D eigenvalue weighted by molar-refractivity contribution is -0.135. The van der Waals surface area contributed by atoms with Crippen LogP contribution < -0.4 is 4.74 Å². The Kier molecular flexibility index (Phi) is 5.85. The zero-order valence-electron chi connectivity index (χ0n) is 17.7. The van der Waals surface area contributed by atoms with Crippen molar-refractivity contribution in [1.82, 2.24) is 14.9 Å². The van der Waals surface area contributed by atoms with E-state index in [0.29, 0.717) is 13.1 Å². The van der Waals surface area contributed by atoms with Gasteiger partial charge in [0.2, 0.25) is 5.91 Å². The van der Waals surface area contributed by atoms with E-state index in [-0.39, 0.29) is 24.0 Å². The topological polar surface area (TPSA) is 116 Å². The third-order valence-corrected chi connectivity index (χ3v) is 6.20. The highest BCUT2D eigenvalue weighted by molar-refractivity contribution is 5.91. The molecule has 3 aromatic rings. The summed E-state index contributed by atoms with van der Waals surface area (Å²) in [6.45, 7) is 0.833. The van der Waals surface area contributed by atoms with Gasteiger partial charge in [0.05, 0.1) is 36.8 Å². The maximum atomic E-state index is 13.6. The number of fused-ring (bicyclic) bond motifs is 1. The summed E-state index contributed by atoms with van der Waals surface area (Å²) in [5.74, 6) is 1.11. The maximum absolute atomic E-state index is 13.6. The maximum Gasteiger partial charge on any atom is 0.290 e. The van der Waals surface area contributed by atoms with Crippen LogP contribution in [0.3, 0.4) is 0 Å². The van der Waals surface area contributed by atoms with Gasteiger partial charge < -0.3 is 24.8 Å². The molecule has 8 nitrogen and oxygen atoms in total. The number of methoxy groups -OCH3 is 1. The average Bonchev–Trinajstić information content (AvgIpc) is 3.48. The predicted octanol–water partition coefficient (Wildman–Crippen LogP) is 3.03. The molecule has 1 aliphatic carbocycles. The molecule has 1 atom stereocenters. The fraction of sp³-hybridized carbons (Fsp3) is 0.292. The summed E-state index contributed by atoms with van der Waals surface area (Å²) in [6, 6.07) is 15.1. The molecule has 0 saturated heterocycles. The summed E-state index contributed by atoms with van der Waals surface area (Å²) in [4.78, 5) is 31.6. The molecule has 3 N–H and O–H groups in total. The lowest BCUT2D eigenvalue weighted by Gasteiger charge is -2.35. The number of H-pyrrole nitrogens is 1. The van der Waals surface area contributed by atoms with E-state index in [2.05, 4.69) is 9.97 Å². The minimum absolute atomic E-state index is 0.0623. The number of aromatic hydroxyl groups is 1. The molecule has 2 heterocycles. The van der Waals surface area contributed by atoms with E-state index in [4.69, 9.17) is 14.6 Å². The first kappa shape index (κ1) is 21.4. The van der Waals surface area contributed by atoms with E-state index in [1.165, 1.54) is 0 Å². The molecule has 0 bridgehead atoms. The molecule has 0 spiro atoms. The highest BCUT2D eigenvalue weighted by Gasteiger charge is 2.53. The normalized spacial score (nSPS) is 18.0. The third kappa shape index (κ3) is 3.91. The molecule has 2 aromatic carbocycles. The average molecular weight is 435 g/mol. The Bertz CT molecular complexity index is 1100. The van der Waals surface area contributed by atoms with Crippen molar-refractivity contribution in [1.29, 1.82) is 0 Å². The Hall–Kier alpha value is -3.81. The number of aromatic amines is 1. The number of hydrogen-bond donors (Lipinski definition) is 3. The van der Waals surface area contributed by atoms with Gasteiger partial charge in [-0.05, 0) is 48.2 Å². The third-order valence-electron chi connectivity index (χ3n) is 6.20. The summed E-state index contributed by atoms with van der Waals surface area (Å²) in [5, 5.41) is 16.8. The minimum Gasteiger partial charge on any atom is -0.508 e. The molecule has 5 rings (SSSR count). The number of carbonyl (C=O) groups is 2. The van der Waals surface area contributed by atoms with E-state index in [9.17, 15) is 9.90 Å². The van der Waals surface area contributed by atoms with E-state index < -0.39 is 5.41 Å². The van der Waals surface area contributed by atoms with Gasteiger partial charge in [-0.15, -0.1) is 0 Å². The molecule has 1 fully saturated rings. The van der Waals surface area contributed by atoms with Crippen LogP contribution in [0.4, 0.5) is 0 Å². The van der Waals surface area contributed by atoms with Gasteiger partial charge in [-0.2, -0.15) is 0 Å². The molecule has 1 aromatic heterocycles. The number of imidazole rings is 1. The van der Waals surface area contributed by atoms with E-state index >= 15 is 0 Å². The number of ether oxygens (including phenoxy) is 1. The Morgan fingerprint density at radius 3 is 2.59 bits per heavy atom. The van der Waals surface area contributed by atoms with Gasteiger partial charge in [0, 0.05) is 12.5 Å². The monoisotopic (exact) mass is 435 g/mol. The molecular formula is C24H25N3O5. The number of benzene rings is 2. The molecule has 1 unspecified atom stereocenters. The van der Waals surface area contributed by atoms with Gasteiger partial charge in [-0.1, -0.05) is 24.3 Å². The molecule has 32 heavy (non-hydrogen) atoms. The second kappa shape index (κ2) is 8.74. The Morgan fingerprint density at radius 2 is 1.97 bits per heavy atom. The predicted molar refractivity (Wildman–Crippen MR) is 117 cm³/mol. The standard InChI is InChI=1S/C23H23N3O3.CH2O2/c1-29-18-7-5-16(6-8-18)23(9-10-23)22(28)26-12-19(15-3-2-4-17(27)11-15)21-20(13-26)24-14-25-21;2-1-3/h2-8,11,14,19,27H,9-10,12-13H2,1H3,(H,24,25);1H,(H,2,3). The fourth-order valence-electron chi connectivity index (χ4n) is 4.44. The van der Waals surface area contributed by atoms with Crippen LogP contribution in [0.1, 0.15) is 41.3 Å². The number of aromatic nitrogens is 2. The van der Waals surface area contributed by atoms with E-state index in [1.807, 2.05) is 41.3 Å². The number of nitrogens with one attached hydrogen (secondary N) is 1. The molecular weight excluding hydrogens is 410 g/mol. The fourth-order valence-corrected chi connectivity index (χ4v) is 4.44. The number of nitrogens with zero attached hydrogens (tertiary/aromatic N) is 2. The van der Waals surface area contributed by atoms with Gasteiger partial charge in [0.1, 0.15) is 11.5 Å². The number of carbonyl (C=O) groups excluding carboxylic acids is 1. The SMILES string of the molecule is COc1ccc(C2(C(=O)N3Cc4[nH]cnc4C(c4cccc(O)c4)C3)CC2)cc1.O=CO. The van der Waals surface area contributed by atoms with Gasteiger partial charge in [0.25, 0.3) is 6.47 Å². The Morgan fingerprint density at radius 1 is 1.25 bits per heavy atom. The molecule has 1 saturated carbocycles.